The van der Waals surface area contributed by atoms with E-state index in [2.05, 4.69) is 39.4 Å². The minimum Gasteiger partial charge on any atom is -0.382 e. The Morgan fingerprint density at radius 2 is 2.24 bits per heavy atom. The van der Waals surface area contributed by atoms with E-state index >= 15 is 0 Å². The van der Waals surface area contributed by atoms with Crippen molar-refractivity contribution in [2.45, 2.75) is 19.4 Å². The molecule has 0 bridgehead atoms. The number of nitrogen functional groups attached to an aromatic ring is 1. The largest absolute Gasteiger partial charge is 0.382 e. The van der Waals surface area contributed by atoms with Gasteiger partial charge in [-0.2, -0.15) is 5.10 Å². The highest BCUT2D eigenvalue weighted by Gasteiger charge is 2.16. The van der Waals surface area contributed by atoms with Crippen molar-refractivity contribution in [2.24, 2.45) is 0 Å². The SMILES string of the molecule is Nc1cc(CN2CCCc3ccccc32)[nH]n1. The van der Waals surface area contributed by atoms with Crippen LogP contribution in [0.5, 0.6) is 0 Å². The fourth-order valence-corrected chi connectivity index (χ4v) is 2.44. The molecule has 0 aliphatic carbocycles. The van der Waals surface area contributed by atoms with Crippen molar-refractivity contribution >= 4 is 11.5 Å². The summed E-state index contributed by atoms with van der Waals surface area (Å²) in [6.45, 7) is 1.94. The number of aromatic nitrogens is 2. The lowest BCUT2D eigenvalue weighted by Gasteiger charge is -2.30. The highest BCUT2D eigenvalue weighted by Crippen LogP contribution is 2.27. The summed E-state index contributed by atoms with van der Waals surface area (Å²) in [5.74, 6) is 0.560. The number of H-pyrrole nitrogens is 1. The molecule has 0 unspecified atom stereocenters. The predicted molar refractivity (Wildman–Crippen MR) is 68.8 cm³/mol. The van der Waals surface area contributed by atoms with E-state index in [-0.39, 0.29) is 0 Å². The summed E-state index contributed by atoms with van der Waals surface area (Å²) >= 11 is 0. The minimum absolute atomic E-state index is 0.560. The van der Waals surface area contributed by atoms with Crippen LogP contribution in [0.25, 0.3) is 0 Å². The van der Waals surface area contributed by atoms with Crippen LogP contribution in [0.4, 0.5) is 11.5 Å². The molecule has 0 saturated heterocycles. The number of fused-ring (bicyclic) bond motifs is 1. The van der Waals surface area contributed by atoms with E-state index in [1.165, 1.54) is 24.1 Å². The number of nitrogens with one attached hydrogen (secondary N) is 1. The van der Waals surface area contributed by atoms with Gasteiger partial charge in [0, 0.05) is 18.3 Å². The zero-order valence-electron chi connectivity index (χ0n) is 9.69. The zero-order chi connectivity index (χ0) is 11.7. The lowest BCUT2D eigenvalue weighted by Crippen LogP contribution is -2.28. The van der Waals surface area contributed by atoms with Gasteiger partial charge in [0.25, 0.3) is 0 Å². The molecule has 4 nitrogen and oxygen atoms in total. The summed E-state index contributed by atoms with van der Waals surface area (Å²) in [4.78, 5) is 2.38. The van der Waals surface area contributed by atoms with Crippen molar-refractivity contribution in [1.29, 1.82) is 0 Å². The van der Waals surface area contributed by atoms with Crippen molar-refractivity contribution in [3.05, 3.63) is 41.6 Å². The molecular formula is C13H16N4. The third-order valence-electron chi connectivity index (χ3n) is 3.22. The van der Waals surface area contributed by atoms with E-state index in [0.29, 0.717) is 5.82 Å². The highest BCUT2D eigenvalue weighted by atomic mass is 15.2. The Bertz CT molecular complexity index is 518. The Balaban J connectivity index is 1.85. The second kappa shape index (κ2) is 4.13. The second-order valence-electron chi connectivity index (χ2n) is 4.47. The van der Waals surface area contributed by atoms with Gasteiger partial charge in [-0.1, -0.05) is 18.2 Å². The number of aromatic amines is 1. The van der Waals surface area contributed by atoms with Crippen LogP contribution in [0.3, 0.4) is 0 Å². The van der Waals surface area contributed by atoms with E-state index in [9.17, 15) is 0 Å². The standard InChI is InChI=1S/C13H16N4/c14-13-8-11(15-16-13)9-17-7-3-5-10-4-1-2-6-12(10)17/h1-2,4,6,8H,3,5,7,9H2,(H3,14,15,16). The van der Waals surface area contributed by atoms with Crippen LogP contribution in [0.15, 0.2) is 30.3 Å². The first-order valence-corrected chi connectivity index (χ1v) is 5.95. The smallest absolute Gasteiger partial charge is 0.145 e. The van der Waals surface area contributed by atoms with Gasteiger partial charge in [-0.3, -0.25) is 5.10 Å². The van der Waals surface area contributed by atoms with Gasteiger partial charge in [0.1, 0.15) is 5.82 Å². The first-order chi connectivity index (χ1) is 8.33. The number of rotatable bonds is 2. The Labute approximate surface area is 100 Å². The van der Waals surface area contributed by atoms with Crippen molar-refractivity contribution in [2.75, 3.05) is 17.2 Å². The van der Waals surface area contributed by atoms with Crippen LogP contribution in [-0.4, -0.2) is 16.7 Å². The monoisotopic (exact) mass is 228 g/mol. The molecule has 0 amide bonds. The number of anilines is 2. The summed E-state index contributed by atoms with van der Waals surface area (Å²) < 4.78 is 0. The van der Waals surface area contributed by atoms with Gasteiger partial charge < -0.3 is 10.6 Å². The zero-order valence-corrected chi connectivity index (χ0v) is 9.69. The lowest BCUT2D eigenvalue weighted by atomic mass is 10.0. The van der Waals surface area contributed by atoms with Crippen molar-refractivity contribution < 1.29 is 0 Å². The number of aryl methyl sites for hydroxylation is 1. The van der Waals surface area contributed by atoms with Crippen LogP contribution in [0.1, 0.15) is 17.7 Å². The first-order valence-electron chi connectivity index (χ1n) is 5.95. The third-order valence-corrected chi connectivity index (χ3v) is 3.22. The molecule has 2 aromatic rings. The second-order valence-corrected chi connectivity index (χ2v) is 4.47. The number of para-hydroxylation sites is 1. The van der Waals surface area contributed by atoms with Crippen molar-refractivity contribution in [1.82, 2.24) is 10.2 Å². The van der Waals surface area contributed by atoms with Gasteiger partial charge >= 0.3 is 0 Å². The summed E-state index contributed by atoms with van der Waals surface area (Å²) in [5, 5.41) is 6.93. The average molecular weight is 228 g/mol. The van der Waals surface area contributed by atoms with Gasteiger partial charge in [-0.15, -0.1) is 0 Å². The molecule has 1 aromatic heterocycles. The molecule has 4 heteroatoms. The lowest BCUT2D eigenvalue weighted by molar-refractivity contribution is 0.682. The van der Waals surface area contributed by atoms with Crippen LogP contribution in [-0.2, 0) is 13.0 Å². The fourth-order valence-electron chi connectivity index (χ4n) is 2.44. The van der Waals surface area contributed by atoms with Gasteiger partial charge in [0.05, 0.1) is 12.2 Å². The molecule has 1 aliphatic heterocycles. The molecule has 0 atom stereocenters. The van der Waals surface area contributed by atoms with E-state index < -0.39 is 0 Å². The number of nitrogens with zero attached hydrogens (tertiary/aromatic N) is 2. The Hall–Kier alpha value is -1.97. The number of nitrogens with two attached hydrogens (primary N) is 1. The van der Waals surface area contributed by atoms with E-state index in [1.807, 2.05) is 6.07 Å². The maximum Gasteiger partial charge on any atom is 0.145 e. The van der Waals surface area contributed by atoms with E-state index in [4.69, 9.17) is 5.73 Å². The normalized spacial score (nSPS) is 14.7. The molecule has 0 fully saturated rings. The maximum atomic E-state index is 5.62. The minimum atomic E-state index is 0.560. The molecule has 0 spiro atoms. The number of hydrogen-bond donors (Lipinski definition) is 2. The summed E-state index contributed by atoms with van der Waals surface area (Å²) in [5.41, 5.74) is 9.46. The van der Waals surface area contributed by atoms with Crippen LogP contribution in [0, 0.1) is 0 Å². The van der Waals surface area contributed by atoms with Gasteiger partial charge in [-0.25, -0.2) is 0 Å². The Kier molecular flexibility index (Phi) is 2.48. The van der Waals surface area contributed by atoms with E-state index in [0.717, 1.165) is 18.8 Å². The van der Waals surface area contributed by atoms with E-state index in [1.54, 1.807) is 0 Å². The Morgan fingerprint density at radius 1 is 1.35 bits per heavy atom. The van der Waals surface area contributed by atoms with Crippen LogP contribution in [0.2, 0.25) is 0 Å². The quantitative estimate of drug-likeness (QED) is 0.826. The molecular weight excluding hydrogens is 212 g/mol. The molecule has 88 valence electrons. The molecule has 17 heavy (non-hydrogen) atoms. The number of benzene rings is 1. The van der Waals surface area contributed by atoms with Gasteiger partial charge in [-0.05, 0) is 24.5 Å². The van der Waals surface area contributed by atoms with Gasteiger partial charge in [0.15, 0.2) is 0 Å². The maximum absolute atomic E-state index is 5.62. The molecule has 0 radical (unpaired) electrons. The van der Waals surface area contributed by atoms with Crippen molar-refractivity contribution in [3.63, 3.8) is 0 Å². The summed E-state index contributed by atoms with van der Waals surface area (Å²) in [6, 6.07) is 10.5. The Morgan fingerprint density at radius 3 is 3.06 bits per heavy atom. The topological polar surface area (TPSA) is 57.9 Å². The summed E-state index contributed by atoms with van der Waals surface area (Å²) in [6.07, 6.45) is 2.39. The molecule has 2 heterocycles. The first kappa shape index (κ1) is 10.2. The fraction of sp³-hybridized carbons (Fsp3) is 0.308. The molecule has 3 N–H and O–H groups in total. The highest BCUT2D eigenvalue weighted by molar-refractivity contribution is 5.55. The molecule has 3 rings (SSSR count). The average Bonchev–Trinajstić information content (AvgIpc) is 2.75. The molecule has 0 saturated carbocycles. The van der Waals surface area contributed by atoms with Crippen LogP contribution < -0.4 is 10.6 Å². The molecule has 1 aliphatic rings. The number of hydrogen-bond acceptors (Lipinski definition) is 3. The van der Waals surface area contributed by atoms with Crippen LogP contribution >= 0.6 is 0 Å². The predicted octanol–water partition coefficient (Wildman–Crippen LogP) is 1.94. The molecule has 1 aromatic carbocycles. The summed E-state index contributed by atoms with van der Waals surface area (Å²) in [7, 11) is 0. The van der Waals surface area contributed by atoms with Gasteiger partial charge in [0.2, 0.25) is 0 Å². The van der Waals surface area contributed by atoms with Crippen molar-refractivity contribution in [3.8, 4) is 0 Å². The third kappa shape index (κ3) is 1.98.